The van der Waals surface area contributed by atoms with Gasteiger partial charge in [0.1, 0.15) is 5.82 Å². The van der Waals surface area contributed by atoms with Crippen LogP contribution in [0.4, 0.5) is 4.39 Å². The Kier molecular flexibility index (Phi) is 2.73. The summed E-state index contributed by atoms with van der Waals surface area (Å²) < 4.78 is 13.0. The molecule has 1 aromatic carbocycles. The topological polar surface area (TPSA) is 20.2 Å². The quantitative estimate of drug-likeness (QED) is 0.843. The lowest BCUT2D eigenvalue weighted by Crippen LogP contribution is -2.29. The zero-order valence-electron chi connectivity index (χ0n) is 8.63. The van der Waals surface area contributed by atoms with Crippen LogP contribution in [0, 0.1) is 11.7 Å². The summed E-state index contributed by atoms with van der Waals surface area (Å²) in [6, 6.07) is 4.27. The van der Waals surface area contributed by atoms with Crippen molar-refractivity contribution in [1.82, 2.24) is 0 Å². The molecule has 1 atom stereocenters. The summed E-state index contributed by atoms with van der Waals surface area (Å²) in [5.74, 6) is 0.0397. The largest absolute Gasteiger partial charge is 0.390 e. The molecule has 1 aromatic rings. The number of hydrogen-bond donors (Lipinski definition) is 1. The lowest BCUT2D eigenvalue weighted by Gasteiger charge is -2.23. The fraction of sp³-hybridized carbons (Fsp3) is 0.500. The standard InChI is InChI=1S/C12H14ClFO/c1-12(15,9-2-3-9)7-8-6-10(14)4-5-11(8)13/h4-6,9,15H,2-3,7H2,1H3. The lowest BCUT2D eigenvalue weighted by atomic mass is 9.92. The van der Waals surface area contributed by atoms with Crippen LogP contribution in [-0.4, -0.2) is 10.7 Å². The van der Waals surface area contributed by atoms with Gasteiger partial charge in [-0.05, 0) is 49.4 Å². The van der Waals surface area contributed by atoms with Crippen molar-refractivity contribution in [3.8, 4) is 0 Å². The fourth-order valence-electron chi connectivity index (χ4n) is 1.91. The van der Waals surface area contributed by atoms with Crippen LogP contribution in [-0.2, 0) is 6.42 Å². The van der Waals surface area contributed by atoms with Gasteiger partial charge < -0.3 is 5.11 Å². The lowest BCUT2D eigenvalue weighted by molar-refractivity contribution is 0.0372. The maximum absolute atomic E-state index is 13.0. The maximum atomic E-state index is 13.0. The normalized spacial score (nSPS) is 20.0. The van der Waals surface area contributed by atoms with E-state index in [0.29, 0.717) is 22.9 Å². The van der Waals surface area contributed by atoms with Crippen LogP contribution >= 0.6 is 11.6 Å². The van der Waals surface area contributed by atoms with E-state index in [0.717, 1.165) is 12.8 Å². The zero-order valence-corrected chi connectivity index (χ0v) is 9.39. The van der Waals surface area contributed by atoms with E-state index in [9.17, 15) is 9.50 Å². The zero-order chi connectivity index (χ0) is 11.1. The molecule has 1 aliphatic carbocycles. The van der Waals surface area contributed by atoms with E-state index in [-0.39, 0.29) is 5.82 Å². The number of hydrogen-bond acceptors (Lipinski definition) is 1. The first kappa shape index (κ1) is 10.9. The predicted molar refractivity (Wildman–Crippen MR) is 58.5 cm³/mol. The van der Waals surface area contributed by atoms with E-state index < -0.39 is 5.60 Å². The minimum atomic E-state index is -0.753. The SMILES string of the molecule is CC(O)(Cc1cc(F)ccc1Cl)C1CC1. The molecule has 15 heavy (non-hydrogen) atoms. The van der Waals surface area contributed by atoms with Gasteiger partial charge in [0.2, 0.25) is 0 Å². The van der Waals surface area contributed by atoms with Crippen molar-refractivity contribution in [1.29, 1.82) is 0 Å². The first-order valence-corrected chi connectivity index (χ1v) is 5.53. The van der Waals surface area contributed by atoms with Gasteiger partial charge in [0.05, 0.1) is 5.60 Å². The summed E-state index contributed by atoms with van der Waals surface area (Å²) in [5.41, 5.74) is -0.0641. The summed E-state index contributed by atoms with van der Waals surface area (Å²) >= 11 is 5.95. The third-order valence-corrected chi connectivity index (χ3v) is 3.38. The molecular formula is C12H14ClFO. The molecule has 2 rings (SSSR count). The van der Waals surface area contributed by atoms with Gasteiger partial charge in [-0.3, -0.25) is 0 Å². The highest BCUT2D eigenvalue weighted by atomic mass is 35.5. The predicted octanol–water partition coefficient (Wildman–Crippen LogP) is 3.18. The summed E-state index contributed by atoms with van der Waals surface area (Å²) in [7, 11) is 0. The molecule has 0 spiro atoms. The molecule has 1 nitrogen and oxygen atoms in total. The Morgan fingerprint density at radius 2 is 2.20 bits per heavy atom. The average Bonchev–Trinajstić information content (AvgIpc) is 2.93. The van der Waals surface area contributed by atoms with E-state index >= 15 is 0 Å². The molecule has 82 valence electrons. The summed E-state index contributed by atoms with van der Waals surface area (Å²) in [4.78, 5) is 0. The van der Waals surface area contributed by atoms with Crippen molar-refractivity contribution in [3.05, 3.63) is 34.6 Å². The summed E-state index contributed by atoms with van der Waals surface area (Å²) in [6.07, 6.45) is 2.54. The molecule has 0 heterocycles. The Morgan fingerprint density at radius 3 is 2.80 bits per heavy atom. The highest BCUT2D eigenvalue weighted by Crippen LogP contribution is 2.41. The smallest absolute Gasteiger partial charge is 0.123 e. The minimum Gasteiger partial charge on any atom is -0.390 e. The second kappa shape index (κ2) is 3.76. The van der Waals surface area contributed by atoms with E-state index in [2.05, 4.69) is 0 Å². The second-order valence-corrected chi connectivity index (χ2v) is 4.95. The first-order valence-electron chi connectivity index (χ1n) is 5.15. The number of aliphatic hydroxyl groups is 1. The minimum absolute atomic E-state index is 0.305. The van der Waals surface area contributed by atoms with Gasteiger partial charge in [-0.25, -0.2) is 4.39 Å². The number of rotatable bonds is 3. The summed E-state index contributed by atoms with van der Waals surface area (Å²) in [5, 5.41) is 10.7. The highest BCUT2D eigenvalue weighted by Gasteiger charge is 2.40. The Labute approximate surface area is 93.9 Å². The van der Waals surface area contributed by atoms with E-state index in [1.165, 1.54) is 18.2 Å². The molecule has 1 unspecified atom stereocenters. The van der Waals surface area contributed by atoms with Crippen LogP contribution in [0.2, 0.25) is 5.02 Å². The second-order valence-electron chi connectivity index (χ2n) is 4.54. The van der Waals surface area contributed by atoms with Crippen LogP contribution in [0.3, 0.4) is 0 Å². The van der Waals surface area contributed by atoms with Gasteiger partial charge in [-0.15, -0.1) is 0 Å². The Morgan fingerprint density at radius 1 is 1.53 bits per heavy atom. The van der Waals surface area contributed by atoms with Crippen molar-refractivity contribution in [2.45, 2.75) is 31.8 Å². The molecule has 1 aliphatic rings. The monoisotopic (exact) mass is 228 g/mol. The molecule has 1 saturated carbocycles. The van der Waals surface area contributed by atoms with Gasteiger partial charge in [0.25, 0.3) is 0 Å². The van der Waals surface area contributed by atoms with E-state index in [4.69, 9.17) is 11.6 Å². The molecule has 0 radical (unpaired) electrons. The van der Waals surface area contributed by atoms with Gasteiger partial charge in [0.15, 0.2) is 0 Å². The molecule has 0 amide bonds. The third-order valence-electron chi connectivity index (χ3n) is 3.01. The van der Waals surface area contributed by atoms with Gasteiger partial charge in [-0.1, -0.05) is 11.6 Å². The van der Waals surface area contributed by atoms with Crippen LogP contribution < -0.4 is 0 Å². The molecular weight excluding hydrogens is 215 g/mol. The van der Waals surface area contributed by atoms with Crippen LogP contribution in [0.5, 0.6) is 0 Å². The van der Waals surface area contributed by atoms with Crippen molar-refractivity contribution in [2.75, 3.05) is 0 Å². The van der Waals surface area contributed by atoms with E-state index in [1.807, 2.05) is 0 Å². The Balaban J connectivity index is 2.19. The van der Waals surface area contributed by atoms with Gasteiger partial charge in [0, 0.05) is 11.4 Å². The number of benzene rings is 1. The van der Waals surface area contributed by atoms with Crippen LogP contribution in [0.1, 0.15) is 25.3 Å². The maximum Gasteiger partial charge on any atom is 0.123 e. The Hall–Kier alpha value is -0.600. The molecule has 1 N–H and O–H groups in total. The van der Waals surface area contributed by atoms with Crippen molar-refractivity contribution >= 4 is 11.6 Å². The molecule has 0 bridgehead atoms. The van der Waals surface area contributed by atoms with Crippen LogP contribution in [0.15, 0.2) is 18.2 Å². The molecule has 3 heteroatoms. The highest BCUT2D eigenvalue weighted by molar-refractivity contribution is 6.31. The van der Waals surface area contributed by atoms with E-state index in [1.54, 1.807) is 6.92 Å². The number of halogens is 2. The average molecular weight is 229 g/mol. The van der Waals surface area contributed by atoms with Gasteiger partial charge >= 0.3 is 0 Å². The Bertz CT molecular complexity index is 372. The van der Waals surface area contributed by atoms with Crippen molar-refractivity contribution in [2.24, 2.45) is 5.92 Å². The summed E-state index contributed by atoms with van der Waals surface area (Å²) in [6.45, 7) is 1.80. The van der Waals surface area contributed by atoms with Gasteiger partial charge in [-0.2, -0.15) is 0 Å². The van der Waals surface area contributed by atoms with Crippen LogP contribution in [0.25, 0.3) is 0 Å². The molecule has 0 aromatic heterocycles. The molecule has 0 saturated heterocycles. The fourth-order valence-corrected chi connectivity index (χ4v) is 2.10. The first-order chi connectivity index (χ1) is 6.99. The van der Waals surface area contributed by atoms with Crippen molar-refractivity contribution < 1.29 is 9.50 Å². The van der Waals surface area contributed by atoms with Crippen molar-refractivity contribution in [3.63, 3.8) is 0 Å². The molecule has 1 fully saturated rings. The molecule has 0 aliphatic heterocycles. The third kappa shape index (κ3) is 2.50.